The van der Waals surface area contributed by atoms with Crippen LogP contribution < -0.4 is 4.74 Å². The summed E-state index contributed by atoms with van der Waals surface area (Å²) in [7, 11) is 0. The highest BCUT2D eigenvalue weighted by molar-refractivity contribution is 5.85. The fraction of sp³-hybridized carbons (Fsp3) is 0. The molecule has 2 aromatic rings. The minimum absolute atomic E-state index is 0.675. The van der Waals surface area contributed by atoms with Gasteiger partial charge in [0.05, 0.1) is 0 Å². The Labute approximate surface area is 105 Å². The van der Waals surface area contributed by atoms with Gasteiger partial charge in [-0.1, -0.05) is 30.3 Å². The van der Waals surface area contributed by atoms with Crippen molar-refractivity contribution in [2.75, 3.05) is 0 Å². The summed E-state index contributed by atoms with van der Waals surface area (Å²) in [6.45, 7) is 0. The van der Waals surface area contributed by atoms with Crippen LogP contribution in [0, 0.1) is 0 Å². The van der Waals surface area contributed by atoms with Gasteiger partial charge in [0.2, 0.25) is 0 Å². The van der Waals surface area contributed by atoms with Gasteiger partial charge in [-0.15, -0.1) is 0 Å². The van der Waals surface area contributed by atoms with Gasteiger partial charge in [-0.2, -0.15) is 0 Å². The summed E-state index contributed by atoms with van der Waals surface area (Å²) in [5.74, 6) is 0.454. The molecule has 0 aromatic heterocycles. The van der Waals surface area contributed by atoms with Gasteiger partial charge < -0.3 is 9.84 Å². The van der Waals surface area contributed by atoms with Crippen LogP contribution in [0.15, 0.2) is 60.7 Å². The van der Waals surface area contributed by atoms with Crippen molar-refractivity contribution in [3.05, 3.63) is 66.2 Å². The number of rotatable bonds is 4. The number of carboxylic acid groups (broad SMARTS) is 1. The average molecular weight is 240 g/mol. The van der Waals surface area contributed by atoms with Crippen molar-refractivity contribution in [1.82, 2.24) is 0 Å². The topological polar surface area (TPSA) is 46.5 Å². The lowest BCUT2D eigenvalue weighted by Gasteiger charge is -2.05. The Morgan fingerprint density at radius 1 is 1.00 bits per heavy atom. The van der Waals surface area contributed by atoms with E-state index in [1.165, 1.54) is 6.08 Å². The Hall–Kier alpha value is -2.55. The van der Waals surface area contributed by atoms with Crippen molar-refractivity contribution in [2.24, 2.45) is 0 Å². The van der Waals surface area contributed by atoms with E-state index in [-0.39, 0.29) is 0 Å². The number of aliphatic carboxylic acids is 1. The molecule has 0 unspecified atom stereocenters. The number of ether oxygens (including phenoxy) is 1. The molecule has 90 valence electrons. The molecule has 0 spiro atoms. The van der Waals surface area contributed by atoms with Crippen molar-refractivity contribution in [1.29, 1.82) is 0 Å². The van der Waals surface area contributed by atoms with Crippen LogP contribution in [0.4, 0.5) is 0 Å². The van der Waals surface area contributed by atoms with E-state index in [0.717, 1.165) is 17.4 Å². The predicted octanol–water partition coefficient (Wildman–Crippen LogP) is 3.58. The average Bonchev–Trinajstić information content (AvgIpc) is 2.38. The smallest absolute Gasteiger partial charge is 0.328 e. The Morgan fingerprint density at radius 3 is 2.44 bits per heavy atom. The zero-order valence-electron chi connectivity index (χ0n) is 9.61. The number of para-hydroxylation sites is 1. The Balaban J connectivity index is 2.15. The molecule has 1 N–H and O–H groups in total. The van der Waals surface area contributed by atoms with Crippen molar-refractivity contribution < 1.29 is 14.6 Å². The van der Waals surface area contributed by atoms with Crippen LogP contribution in [0.25, 0.3) is 6.08 Å². The second-order valence-corrected chi connectivity index (χ2v) is 3.66. The van der Waals surface area contributed by atoms with E-state index in [9.17, 15) is 4.79 Å². The van der Waals surface area contributed by atoms with Gasteiger partial charge in [0, 0.05) is 6.08 Å². The summed E-state index contributed by atoms with van der Waals surface area (Å²) in [6.07, 6.45) is 2.63. The highest BCUT2D eigenvalue weighted by atomic mass is 16.5. The van der Waals surface area contributed by atoms with E-state index < -0.39 is 5.97 Å². The second-order valence-electron chi connectivity index (χ2n) is 3.66. The van der Waals surface area contributed by atoms with Crippen LogP contribution in [0.3, 0.4) is 0 Å². The lowest BCUT2D eigenvalue weighted by molar-refractivity contribution is -0.131. The Kier molecular flexibility index (Phi) is 3.76. The summed E-state index contributed by atoms with van der Waals surface area (Å²) in [6, 6.07) is 16.7. The third kappa shape index (κ3) is 3.49. The maximum atomic E-state index is 10.4. The molecular formula is C15H12O3. The summed E-state index contributed by atoms with van der Waals surface area (Å²) in [5.41, 5.74) is 0.783. The molecule has 0 saturated carbocycles. The third-order valence-electron chi connectivity index (χ3n) is 2.26. The highest BCUT2D eigenvalue weighted by Gasteiger charge is 1.97. The molecule has 2 aromatic carbocycles. The molecule has 0 saturated heterocycles. The highest BCUT2D eigenvalue weighted by Crippen LogP contribution is 2.22. The largest absolute Gasteiger partial charge is 0.478 e. The van der Waals surface area contributed by atoms with Crippen molar-refractivity contribution in [2.45, 2.75) is 0 Å². The fourth-order valence-electron chi connectivity index (χ4n) is 1.47. The molecule has 0 aliphatic carbocycles. The van der Waals surface area contributed by atoms with E-state index in [4.69, 9.17) is 9.84 Å². The van der Waals surface area contributed by atoms with E-state index in [1.54, 1.807) is 6.07 Å². The molecule has 0 atom stereocenters. The van der Waals surface area contributed by atoms with Crippen molar-refractivity contribution in [3.63, 3.8) is 0 Å². The van der Waals surface area contributed by atoms with E-state index in [2.05, 4.69) is 0 Å². The van der Waals surface area contributed by atoms with Crippen LogP contribution >= 0.6 is 0 Å². The van der Waals surface area contributed by atoms with E-state index in [0.29, 0.717) is 5.75 Å². The number of hydrogen-bond donors (Lipinski definition) is 1. The van der Waals surface area contributed by atoms with Gasteiger partial charge in [0.25, 0.3) is 0 Å². The first kappa shape index (κ1) is 11.9. The number of benzene rings is 2. The van der Waals surface area contributed by atoms with Crippen molar-refractivity contribution in [3.8, 4) is 11.5 Å². The monoisotopic (exact) mass is 240 g/mol. The third-order valence-corrected chi connectivity index (χ3v) is 2.26. The molecular weight excluding hydrogens is 228 g/mol. The summed E-state index contributed by atoms with van der Waals surface area (Å²) in [5, 5.41) is 8.56. The summed E-state index contributed by atoms with van der Waals surface area (Å²) >= 11 is 0. The normalized spacial score (nSPS) is 10.4. The zero-order valence-corrected chi connectivity index (χ0v) is 9.61. The van der Waals surface area contributed by atoms with E-state index in [1.807, 2.05) is 48.5 Å². The zero-order chi connectivity index (χ0) is 12.8. The fourth-order valence-corrected chi connectivity index (χ4v) is 1.47. The number of hydrogen-bond acceptors (Lipinski definition) is 2. The lowest BCUT2D eigenvalue weighted by atomic mass is 10.2. The molecule has 18 heavy (non-hydrogen) atoms. The Bertz CT molecular complexity index is 559. The molecule has 0 radical (unpaired) electrons. The molecule has 3 heteroatoms. The van der Waals surface area contributed by atoms with Crippen LogP contribution in [-0.2, 0) is 4.79 Å². The molecule has 2 rings (SSSR count). The molecule has 0 amide bonds. The number of carboxylic acids is 1. The standard InChI is InChI=1S/C15H12O3/c16-15(17)10-9-12-5-4-8-14(11-12)18-13-6-2-1-3-7-13/h1-11H,(H,16,17)/b10-9-. The molecule has 0 heterocycles. The first-order valence-corrected chi connectivity index (χ1v) is 5.48. The van der Waals surface area contributed by atoms with Crippen LogP contribution in [0.2, 0.25) is 0 Å². The van der Waals surface area contributed by atoms with E-state index >= 15 is 0 Å². The molecule has 0 fully saturated rings. The minimum Gasteiger partial charge on any atom is -0.478 e. The molecule has 0 aliphatic heterocycles. The quantitative estimate of drug-likeness (QED) is 0.831. The summed E-state index contributed by atoms with van der Waals surface area (Å²) < 4.78 is 5.64. The first-order valence-electron chi connectivity index (χ1n) is 5.48. The Morgan fingerprint density at radius 2 is 1.72 bits per heavy atom. The van der Waals surface area contributed by atoms with Crippen LogP contribution in [-0.4, -0.2) is 11.1 Å². The van der Waals surface area contributed by atoms with Gasteiger partial charge in [0.15, 0.2) is 0 Å². The summed E-state index contributed by atoms with van der Waals surface area (Å²) in [4.78, 5) is 10.4. The van der Waals surface area contributed by atoms with Gasteiger partial charge in [-0.05, 0) is 35.9 Å². The molecule has 3 nitrogen and oxygen atoms in total. The maximum absolute atomic E-state index is 10.4. The minimum atomic E-state index is -0.968. The predicted molar refractivity (Wildman–Crippen MR) is 69.6 cm³/mol. The number of carbonyl (C=O) groups is 1. The SMILES string of the molecule is O=C(O)/C=C\c1cccc(Oc2ccccc2)c1. The van der Waals surface area contributed by atoms with Gasteiger partial charge >= 0.3 is 5.97 Å². The van der Waals surface area contributed by atoms with Crippen molar-refractivity contribution >= 4 is 12.0 Å². The molecule has 0 aliphatic rings. The first-order chi connectivity index (χ1) is 8.74. The second kappa shape index (κ2) is 5.68. The molecule has 0 bridgehead atoms. The maximum Gasteiger partial charge on any atom is 0.328 e. The van der Waals surface area contributed by atoms with Gasteiger partial charge in [-0.3, -0.25) is 0 Å². The van der Waals surface area contributed by atoms with Gasteiger partial charge in [-0.25, -0.2) is 4.79 Å². The van der Waals surface area contributed by atoms with Gasteiger partial charge in [0.1, 0.15) is 11.5 Å². The lowest BCUT2D eigenvalue weighted by Crippen LogP contribution is -1.87. The van der Waals surface area contributed by atoms with Crippen LogP contribution in [0.5, 0.6) is 11.5 Å². The van der Waals surface area contributed by atoms with Crippen LogP contribution in [0.1, 0.15) is 5.56 Å².